The second kappa shape index (κ2) is 9.42. The molecule has 1 aromatic carbocycles. The number of nitrogens with zero attached hydrogens (tertiary/aromatic N) is 1. The molecule has 2 amide bonds. The molecule has 25 heavy (non-hydrogen) atoms. The van der Waals surface area contributed by atoms with Gasteiger partial charge in [0.05, 0.1) is 6.10 Å². The standard InChI is InChI=1S/C19H28N2O4/c1-14-13-21(11-10-17(14)25-2)19(24)20-16(8-9-18(22)23)12-15-6-4-3-5-7-15/h3-7,14,16-17H,8-13H2,1-2H3,(H,20,24)(H,22,23). The van der Waals surface area contributed by atoms with Crippen LogP contribution < -0.4 is 5.32 Å². The van der Waals surface area contributed by atoms with E-state index in [1.54, 1.807) is 12.0 Å². The predicted molar refractivity (Wildman–Crippen MR) is 95.5 cm³/mol. The Balaban J connectivity index is 1.95. The molecule has 138 valence electrons. The first-order valence-corrected chi connectivity index (χ1v) is 8.83. The number of carbonyl (C=O) groups excluding carboxylic acids is 1. The minimum atomic E-state index is -0.846. The number of aliphatic carboxylic acids is 1. The SMILES string of the molecule is COC1CCN(C(=O)NC(CCC(=O)O)Cc2ccccc2)CC1C. The van der Waals surface area contributed by atoms with Gasteiger partial charge in [-0.15, -0.1) is 0 Å². The van der Waals surface area contributed by atoms with Crippen molar-refractivity contribution in [2.45, 2.75) is 44.8 Å². The molecule has 6 heteroatoms. The topological polar surface area (TPSA) is 78.9 Å². The molecule has 1 heterocycles. The van der Waals surface area contributed by atoms with Gasteiger partial charge in [-0.05, 0) is 24.8 Å². The van der Waals surface area contributed by atoms with E-state index in [4.69, 9.17) is 9.84 Å². The lowest BCUT2D eigenvalue weighted by atomic mass is 9.96. The number of hydrogen-bond donors (Lipinski definition) is 2. The number of ether oxygens (including phenoxy) is 1. The molecule has 1 aliphatic rings. The van der Waals surface area contributed by atoms with E-state index in [2.05, 4.69) is 12.2 Å². The minimum Gasteiger partial charge on any atom is -0.481 e. The largest absolute Gasteiger partial charge is 0.481 e. The van der Waals surface area contributed by atoms with E-state index >= 15 is 0 Å². The molecule has 1 fully saturated rings. The molecule has 0 aliphatic carbocycles. The fraction of sp³-hybridized carbons (Fsp3) is 0.579. The third kappa shape index (κ3) is 6.05. The van der Waals surface area contributed by atoms with Crippen molar-refractivity contribution in [3.05, 3.63) is 35.9 Å². The summed E-state index contributed by atoms with van der Waals surface area (Å²) >= 11 is 0. The van der Waals surface area contributed by atoms with Gasteiger partial charge in [0.25, 0.3) is 0 Å². The van der Waals surface area contributed by atoms with E-state index in [1.165, 1.54) is 0 Å². The van der Waals surface area contributed by atoms with Crippen LogP contribution in [0.15, 0.2) is 30.3 Å². The molecule has 3 unspecified atom stereocenters. The van der Waals surface area contributed by atoms with Crippen LogP contribution in [0.25, 0.3) is 0 Å². The third-order valence-corrected chi connectivity index (χ3v) is 4.78. The van der Waals surface area contributed by atoms with Crippen LogP contribution in [0.1, 0.15) is 31.7 Å². The number of likely N-dealkylation sites (tertiary alicyclic amines) is 1. The van der Waals surface area contributed by atoms with E-state index in [0.717, 1.165) is 12.0 Å². The van der Waals surface area contributed by atoms with Gasteiger partial charge in [-0.2, -0.15) is 0 Å². The molecular weight excluding hydrogens is 320 g/mol. The Morgan fingerprint density at radius 2 is 2.08 bits per heavy atom. The summed E-state index contributed by atoms with van der Waals surface area (Å²) in [5.41, 5.74) is 1.09. The summed E-state index contributed by atoms with van der Waals surface area (Å²) in [7, 11) is 1.71. The van der Waals surface area contributed by atoms with Gasteiger partial charge in [-0.3, -0.25) is 4.79 Å². The molecule has 1 saturated heterocycles. The quantitative estimate of drug-likeness (QED) is 0.794. The highest BCUT2D eigenvalue weighted by Gasteiger charge is 2.29. The Labute approximate surface area is 149 Å². The Kier molecular flexibility index (Phi) is 7.25. The molecule has 2 rings (SSSR count). The summed E-state index contributed by atoms with van der Waals surface area (Å²) in [6, 6.07) is 9.51. The first-order chi connectivity index (χ1) is 12.0. The van der Waals surface area contributed by atoms with Crippen LogP contribution >= 0.6 is 0 Å². The Morgan fingerprint density at radius 3 is 2.68 bits per heavy atom. The van der Waals surface area contributed by atoms with Gasteiger partial charge in [-0.25, -0.2) is 4.79 Å². The van der Waals surface area contributed by atoms with Crippen molar-refractivity contribution in [2.75, 3.05) is 20.2 Å². The number of hydrogen-bond acceptors (Lipinski definition) is 3. The highest BCUT2D eigenvalue weighted by atomic mass is 16.5. The zero-order chi connectivity index (χ0) is 18.2. The summed E-state index contributed by atoms with van der Waals surface area (Å²) < 4.78 is 5.43. The van der Waals surface area contributed by atoms with Crippen molar-refractivity contribution in [3.63, 3.8) is 0 Å². The van der Waals surface area contributed by atoms with Crippen LogP contribution in [-0.2, 0) is 16.0 Å². The Bertz CT molecular complexity index is 564. The van der Waals surface area contributed by atoms with Crippen molar-refractivity contribution in [2.24, 2.45) is 5.92 Å². The van der Waals surface area contributed by atoms with Crippen LogP contribution in [0, 0.1) is 5.92 Å². The maximum atomic E-state index is 12.6. The van der Waals surface area contributed by atoms with Crippen LogP contribution in [0.3, 0.4) is 0 Å². The van der Waals surface area contributed by atoms with Gasteiger partial charge < -0.3 is 20.1 Å². The van der Waals surface area contributed by atoms with Gasteiger partial charge >= 0.3 is 12.0 Å². The van der Waals surface area contributed by atoms with E-state index < -0.39 is 5.97 Å². The number of carboxylic acids is 1. The molecule has 2 N–H and O–H groups in total. The molecule has 3 atom stereocenters. The monoisotopic (exact) mass is 348 g/mol. The van der Waals surface area contributed by atoms with Crippen molar-refractivity contribution in [1.29, 1.82) is 0 Å². The van der Waals surface area contributed by atoms with Gasteiger partial charge in [-0.1, -0.05) is 37.3 Å². The van der Waals surface area contributed by atoms with Crippen molar-refractivity contribution in [1.82, 2.24) is 10.2 Å². The van der Waals surface area contributed by atoms with Gasteiger partial charge in [0.2, 0.25) is 0 Å². The van der Waals surface area contributed by atoms with E-state index in [1.807, 2.05) is 30.3 Å². The molecule has 0 spiro atoms. The number of amides is 2. The lowest BCUT2D eigenvalue weighted by molar-refractivity contribution is -0.137. The van der Waals surface area contributed by atoms with Crippen molar-refractivity contribution in [3.8, 4) is 0 Å². The van der Waals surface area contributed by atoms with Crippen molar-refractivity contribution >= 4 is 12.0 Å². The normalized spacial score (nSPS) is 21.6. The smallest absolute Gasteiger partial charge is 0.317 e. The van der Waals surface area contributed by atoms with Gasteiger partial charge in [0, 0.05) is 38.6 Å². The molecule has 1 aromatic rings. The number of rotatable bonds is 7. The van der Waals surface area contributed by atoms with Crippen LogP contribution in [0.4, 0.5) is 4.79 Å². The number of carbonyl (C=O) groups is 2. The highest BCUT2D eigenvalue weighted by molar-refractivity contribution is 5.75. The van der Waals surface area contributed by atoms with Gasteiger partial charge in [0.1, 0.15) is 0 Å². The van der Waals surface area contributed by atoms with E-state index in [9.17, 15) is 9.59 Å². The molecule has 0 aromatic heterocycles. The molecular formula is C19H28N2O4. The predicted octanol–water partition coefficient (Wildman–Crippen LogP) is 2.53. The average Bonchev–Trinajstić information content (AvgIpc) is 2.60. The van der Waals surface area contributed by atoms with Crippen LogP contribution in [0.2, 0.25) is 0 Å². The number of piperidine rings is 1. The van der Waals surface area contributed by atoms with E-state index in [0.29, 0.717) is 25.9 Å². The third-order valence-electron chi connectivity index (χ3n) is 4.78. The summed E-state index contributed by atoms with van der Waals surface area (Å²) in [4.78, 5) is 25.3. The zero-order valence-corrected chi connectivity index (χ0v) is 15.0. The van der Waals surface area contributed by atoms with Crippen molar-refractivity contribution < 1.29 is 19.4 Å². The minimum absolute atomic E-state index is 0.0416. The number of nitrogens with one attached hydrogen (secondary N) is 1. The summed E-state index contributed by atoms with van der Waals surface area (Å²) in [6.45, 7) is 3.40. The zero-order valence-electron chi connectivity index (χ0n) is 15.0. The highest BCUT2D eigenvalue weighted by Crippen LogP contribution is 2.19. The fourth-order valence-electron chi connectivity index (χ4n) is 3.35. The molecule has 0 bridgehead atoms. The first kappa shape index (κ1) is 19.2. The summed E-state index contributed by atoms with van der Waals surface area (Å²) in [5, 5.41) is 12.0. The molecule has 0 radical (unpaired) electrons. The fourth-order valence-corrected chi connectivity index (χ4v) is 3.35. The maximum absolute atomic E-state index is 12.6. The number of benzene rings is 1. The molecule has 6 nitrogen and oxygen atoms in total. The summed E-state index contributed by atoms with van der Waals surface area (Å²) in [5.74, 6) is -0.557. The summed E-state index contributed by atoms with van der Waals surface area (Å²) in [6.07, 6.45) is 2.10. The van der Waals surface area contributed by atoms with Gasteiger partial charge in [0.15, 0.2) is 0 Å². The molecule has 1 aliphatic heterocycles. The Hall–Kier alpha value is -2.08. The Morgan fingerprint density at radius 1 is 1.36 bits per heavy atom. The second-order valence-corrected chi connectivity index (χ2v) is 6.75. The number of carboxylic acid groups (broad SMARTS) is 1. The number of methoxy groups -OCH3 is 1. The molecule has 0 saturated carbocycles. The lowest BCUT2D eigenvalue weighted by Gasteiger charge is -2.36. The maximum Gasteiger partial charge on any atom is 0.317 e. The average molecular weight is 348 g/mol. The van der Waals surface area contributed by atoms with Crippen LogP contribution in [0.5, 0.6) is 0 Å². The van der Waals surface area contributed by atoms with E-state index in [-0.39, 0.29) is 30.5 Å². The van der Waals surface area contributed by atoms with Crippen LogP contribution in [-0.4, -0.2) is 54.4 Å². The number of urea groups is 1. The second-order valence-electron chi connectivity index (χ2n) is 6.75. The lowest BCUT2D eigenvalue weighted by Crippen LogP contribution is -2.52. The first-order valence-electron chi connectivity index (χ1n) is 8.83.